The SMILES string of the molecule is CC1CNC(CN(C)C)CN(c2ccccc2)C1. The van der Waals surface area contributed by atoms with Crippen molar-refractivity contribution in [3.8, 4) is 0 Å². The van der Waals surface area contributed by atoms with E-state index in [0.717, 1.165) is 26.2 Å². The van der Waals surface area contributed by atoms with E-state index < -0.39 is 0 Å². The van der Waals surface area contributed by atoms with Gasteiger partial charge in [-0.1, -0.05) is 25.1 Å². The second-order valence-corrected chi connectivity index (χ2v) is 5.71. The topological polar surface area (TPSA) is 18.5 Å². The lowest BCUT2D eigenvalue weighted by atomic mass is 10.1. The van der Waals surface area contributed by atoms with E-state index in [1.807, 2.05) is 0 Å². The zero-order chi connectivity index (χ0) is 13.0. The molecule has 0 amide bonds. The molecule has 2 atom stereocenters. The molecule has 0 radical (unpaired) electrons. The molecule has 1 fully saturated rings. The molecule has 1 aliphatic heterocycles. The summed E-state index contributed by atoms with van der Waals surface area (Å²) < 4.78 is 0. The van der Waals surface area contributed by atoms with E-state index in [0.29, 0.717) is 12.0 Å². The van der Waals surface area contributed by atoms with Gasteiger partial charge in [-0.2, -0.15) is 0 Å². The summed E-state index contributed by atoms with van der Waals surface area (Å²) in [4.78, 5) is 4.77. The molecule has 1 heterocycles. The third-order valence-corrected chi connectivity index (χ3v) is 3.43. The molecule has 0 bridgehead atoms. The lowest BCUT2D eigenvalue weighted by molar-refractivity contribution is 0.342. The number of anilines is 1. The largest absolute Gasteiger partial charge is 0.370 e. The zero-order valence-corrected chi connectivity index (χ0v) is 11.8. The summed E-state index contributed by atoms with van der Waals surface area (Å²) in [6.07, 6.45) is 0. The van der Waals surface area contributed by atoms with E-state index in [9.17, 15) is 0 Å². The third kappa shape index (κ3) is 3.72. The number of rotatable bonds is 3. The number of nitrogens with one attached hydrogen (secondary N) is 1. The first-order valence-electron chi connectivity index (χ1n) is 6.83. The zero-order valence-electron chi connectivity index (χ0n) is 11.8. The Morgan fingerprint density at radius 3 is 2.61 bits per heavy atom. The average molecular weight is 247 g/mol. The second kappa shape index (κ2) is 6.21. The number of hydrogen-bond acceptors (Lipinski definition) is 3. The van der Waals surface area contributed by atoms with Gasteiger partial charge in [0.25, 0.3) is 0 Å². The summed E-state index contributed by atoms with van der Waals surface area (Å²) >= 11 is 0. The van der Waals surface area contributed by atoms with Crippen LogP contribution in [0.5, 0.6) is 0 Å². The van der Waals surface area contributed by atoms with Crippen molar-refractivity contribution in [3.05, 3.63) is 30.3 Å². The fourth-order valence-electron chi connectivity index (χ4n) is 2.63. The normalized spacial score (nSPS) is 25.2. The second-order valence-electron chi connectivity index (χ2n) is 5.71. The Morgan fingerprint density at radius 2 is 1.94 bits per heavy atom. The van der Waals surface area contributed by atoms with Gasteiger partial charge in [-0.05, 0) is 38.7 Å². The van der Waals surface area contributed by atoms with Gasteiger partial charge in [-0.15, -0.1) is 0 Å². The van der Waals surface area contributed by atoms with Crippen molar-refractivity contribution >= 4 is 5.69 Å². The summed E-state index contributed by atoms with van der Waals surface area (Å²) in [5.41, 5.74) is 1.34. The smallest absolute Gasteiger partial charge is 0.0371 e. The van der Waals surface area contributed by atoms with Crippen LogP contribution in [0.2, 0.25) is 0 Å². The Labute approximate surface area is 111 Å². The van der Waals surface area contributed by atoms with E-state index in [1.54, 1.807) is 0 Å². The fourth-order valence-corrected chi connectivity index (χ4v) is 2.63. The van der Waals surface area contributed by atoms with E-state index in [-0.39, 0.29) is 0 Å². The van der Waals surface area contributed by atoms with Crippen LogP contribution in [0.3, 0.4) is 0 Å². The van der Waals surface area contributed by atoms with Crippen LogP contribution in [0.1, 0.15) is 6.92 Å². The van der Waals surface area contributed by atoms with Gasteiger partial charge in [-0.25, -0.2) is 0 Å². The van der Waals surface area contributed by atoms with Crippen molar-refractivity contribution in [2.75, 3.05) is 45.2 Å². The number of nitrogens with zero attached hydrogens (tertiary/aromatic N) is 2. The molecule has 1 saturated heterocycles. The number of benzene rings is 1. The van der Waals surface area contributed by atoms with Crippen molar-refractivity contribution < 1.29 is 0 Å². The lowest BCUT2D eigenvalue weighted by Crippen LogP contribution is -2.44. The molecule has 0 aliphatic carbocycles. The minimum atomic E-state index is 0.546. The van der Waals surface area contributed by atoms with Gasteiger partial charge in [-0.3, -0.25) is 0 Å². The summed E-state index contributed by atoms with van der Waals surface area (Å²) in [7, 11) is 4.28. The molecule has 3 nitrogen and oxygen atoms in total. The summed E-state index contributed by atoms with van der Waals surface area (Å²) in [6, 6.07) is 11.3. The molecule has 3 heteroatoms. The van der Waals surface area contributed by atoms with E-state index in [4.69, 9.17) is 0 Å². The van der Waals surface area contributed by atoms with Gasteiger partial charge >= 0.3 is 0 Å². The first kappa shape index (κ1) is 13.4. The van der Waals surface area contributed by atoms with Crippen LogP contribution >= 0.6 is 0 Å². The Kier molecular flexibility index (Phi) is 4.61. The Morgan fingerprint density at radius 1 is 1.22 bits per heavy atom. The molecule has 18 heavy (non-hydrogen) atoms. The number of likely N-dealkylation sites (N-methyl/N-ethyl adjacent to an activating group) is 1. The quantitative estimate of drug-likeness (QED) is 0.876. The van der Waals surface area contributed by atoms with Gasteiger partial charge in [0.05, 0.1) is 0 Å². The molecular formula is C15H25N3. The standard InChI is InChI=1S/C15H25N3/c1-13-9-16-14(11-17(2)3)12-18(10-13)15-7-5-4-6-8-15/h4-8,13-14,16H,9-12H2,1-3H3. The van der Waals surface area contributed by atoms with E-state index in [2.05, 4.69) is 66.5 Å². The monoisotopic (exact) mass is 247 g/mol. The van der Waals surface area contributed by atoms with Crippen LogP contribution in [-0.4, -0.2) is 51.2 Å². The Bertz CT molecular complexity index is 350. The third-order valence-electron chi connectivity index (χ3n) is 3.43. The van der Waals surface area contributed by atoms with Crippen LogP contribution in [0, 0.1) is 5.92 Å². The molecule has 0 saturated carbocycles. The fraction of sp³-hybridized carbons (Fsp3) is 0.600. The van der Waals surface area contributed by atoms with Gasteiger partial charge in [0.15, 0.2) is 0 Å². The van der Waals surface area contributed by atoms with Crippen LogP contribution in [-0.2, 0) is 0 Å². The molecule has 2 rings (SSSR count). The summed E-state index contributed by atoms with van der Waals surface area (Å²) in [5, 5.41) is 3.68. The van der Waals surface area contributed by atoms with E-state index in [1.165, 1.54) is 5.69 Å². The van der Waals surface area contributed by atoms with Gasteiger partial charge in [0, 0.05) is 31.4 Å². The summed E-state index contributed by atoms with van der Waals surface area (Å²) in [6.45, 7) is 6.76. The van der Waals surface area contributed by atoms with Crippen molar-refractivity contribution in [1.29, 1.82) is 0 Å². The van der Waals surface area contributed by atoms with Crippen LogP contribution in [0.4, 0.5) is 5.69 Å². The maximum atomic E-state index is 3.68. The molecule has 1 aromatic carbocycles. The molecule has 1 N–H and O–H groups in total. The molecule has 1 aromatic rings. The predicted octanol–water partition coefficient (Wildman–Crippen LogP) is 1.66. The van der Waals surface area contributed by atoms with Crippen molar-refractivity contribution in [3.63, 3.8) is 0 Å². The van der Waals surface area contributed by atoms with Crippen LogP contribution in [0.15, 0.2) is 30.3 Å². The van der Waals surface area contributed by atoms with E-state index >= 15 is 0 Å². The summed E-state index contributed by atoms with van der Waals surface area (Å²) in [5.74, 6) is 0.692. The molecule has 0 spiro atoms. The van der Waals surface area contributed by atoms with Crippen molar-refractivity contribution in [1.82, 2.24) is 10.2 Å². The highest BCUT2D eigenvalue weighted by atomic mass is 15.2. The highest BCUT2D eigenvalue weighted by Crippen LogP contribution is 2.17. The van der Waals surface area contributed by atoms with Gasteiger partial charge < -0.3 is 15.1 Å². The van der Waals surface area contributed by atoms with Gasteiger partial charge in [0.1, 0.15) is 0 Å². The molecule has 100 valence electrons. The Balaban J connectivity index is 2.08. The van der Waals surface area contributed by atoms with Gasteiger partial charge in [0.2, 0.25) is 0 Å². The number of para-hydroxylation sites is 1. The molecule has 1 aliphatic rings. The number of hydrogen-bond donors (Lipinski definition) is 1. The Hall–Kier alpha value is -1.06. The first-order valence-corrected chi connectivity index (χ1v) is 6.83. The van der Waals surface area contributed by atoms with Crippen LogP contribution in [0.25, 0.3) is 0 Å². The molecule has 0 aromatic heterocycles. The highest BCUT2D eigenvalue weighted by molar-refractivity contribution is 5.46. The average Bonchev–Trinajstić information content (AvgIpc) is 2.52. The first-order chi connectivity index (χ1) is 8.65. The molecule has 2 unspecified atom stereocenters. The minimum Gasteiger partial charge on any atom is -0.370 e. The predicted molar refractivity (Wildman–Crippen MR) is 78.2 cm³/mol. The highest BCUT2D eigenvalue weighted by Gasteiger charge is 2.21. The van der Waals surface area contributed by atoms with Crippen LogP contribution < -0.4 is 10.2 Å². The maximum Gasteiger partial charge on any atom is 0.0371 e. The lowest BCUT2D eigenvalue weighted by Gasteiger charge is -2.28. The minimum absolute atomic E-state index is 0.546. The maximum absolute atomic E-state index is 3.68. The van der Waals surface area contributed by atoms with Crippen molar-refractivity contribution in [2.45, 2.75) is 13.0 Å². The molecular weight excluding hydrogens is 222 g/mol. The van der Waals surface area contributed by atoms with Crippen molar-refractivity contribution in [2.24, 2.45) is 5.92 Å².